The zero-order valence-electron chi connectivity index (χ0n) is 16.4. The van der Waals surface area contributed by atoms with E-state index >= 15 is 0 Å². The molecular formula is C17H34N3O5+. The van der Waals surface area contributed by atoms with Crippen molar-refractivity contribution in [3.63, 3.8) is 0 Å². The molecule has 0 aromatic rings. The Balaban J connectivity index is 0. The Kier molecular flexibility index (Phi) is 11.7. The van der Waals surface area contributed by atoms with Crippen molar-refractivity contribution in [3.05, 3.63) is 12.2 Å². The maximum atomic E-state index is 11.2. The van der Waals surface area contributed by atoms with Crippen LogP contribution >= 0.6 is 0 Å². The Morgan fingerprint density at radius 1 is 1.08 bits per heavy atom. The molecule has 0 saturated carbocycles. The van der Waals surface area contributed by atoms with Gasteiger partial charge in [-0.2, -0.15) is 0 Å². The van der Waals surface area contributed by atoms with Gasteiger partial charge in [-0.05, 0) is 6.92 Å². The summed E-state index contributed by atoms with van der Waals surface area (Å²) >= 11 is 0. The first-order chi connectivity index (χ1) is 11.2. The van der Waals surface area contributed by atoms with Gasteiger partial charge in [-0.1, -0.05) is 6.58 Å². The Morgan fingerprint density at radius 2 is 1.60 bits per heavy atom. The largest absolute Gasteiger partial charge is 0.544 e. The topological polar surface area (TPSA) is 107 Å². The molecule has 0 aromatic carbocycles. The van der Waals surface area contributed by atoms with E-state index in [1.54, 1.807) is 28.1 Å². The maximum absolute atomic E-state index is 11.2. The molecule has 1 amide bonds. The number of hydrogen-bond donors (Lipinski definition) is 2. The van der Waals surface area contributed by atoms with Crippen LogP contribution in [-0.2, 0) is 14.4 Å². The highest BCUT2D eigenvalue weighted by Crippen LogP contribution is 2.01. The van der Waals surface area contributed by atoms with Crippen LogP contribution in [0, 0.1) is 0 Å². The highest BCUT2D eigenvalue weighted by molar-refractivity contribution is 5.91. The summed E-state index contributed by atoms with van der Waals surface area (Å²) in [4.78, 5) is 31.5. The van der Waals surface area contributed by atoms with Crippen LogP contribution in [0.15, 0.2) is 12.2 Å². The van der Waals surface area contributed by atoms with E-state index in [0.717, 1.165) is 13.0 Å². The van der Waals surface area contributed by atoms with Gasteiger partial charge in [-0.15, -0.1) is 0 Å². The smallest absolute Gasteiger partial charge is 0.309 e. The minimum absolute atomic E-state index is 0.0694. The number of likely N-dealkylation sites (N-methyl/N-ethyl adjacent to an activating group) is 1. The summed E-state index contributed by atoms with van der Waals surface area (Å²) in [5.74, 6) is -1.90. The molecule has 0 aliphatic heterocycles. The molecule has 0 radical (unpaired) electrons. The molecule has 0 heterocycles. The quantitative estimate of drug-likeness (QED) is 0.297. The van der Waals surface area contributed by atoms with Crippen LogP contribution in [-0.4, -0.2) is 93.3 Å². The molecule has 8 nitrogen and oxygen atoms in total. The Labute approximate surface area is 150 Å². The third-order valence-electron chi connectivity index (χ3n) is 3.15. The first-order valence-corrected chi connectivity index (χ1v) is 8.14. The van der Waals surface area contributed by atoms with Crippen molar-refractivity contribution in [2.24, 2.45) is 0 Å². The van der Waals surface area contributed by atoms with Crippen LogP contribution in [0.25, 0.3) is 0 Å². The second-order valence-electron chi connectivity index (χ2n) is 7.74. The lowest BCUT2D eigenvalue weighted by Gasteiger charge is -2.29. The van der Waals surface area contributed by atoms with E-state index in [4.69, 9.17) is 5.11 Å². The zero-order chi connectivity index (χ0) is 20.3. The van der Waals surface area contributed by atoms with Crippen LogP contribution < -0.4 is 10.4 Å². The first kappa shape index (κ1) is 25.3. The van der Waals surface area contributed by atoms with Gasteiger partial charge in [0.05, 0.1) is 60.7 Å². The van der Waals surface area contributed by atoms with Gasteiger partial charge in [-0.3, -0.25) is 9.59 Å². The van der Waals surface area contributed by atoms with Crippen molar-refractivity contribution in [1.82, 2.24) is 5.32 Å². The predicted octanol–water partition coefficient (Wildman–Crippen LogP) is -0.938. The van der Waals surface area contributed by atoms with Crippen LogP contribution in [0.1, 0.15) is 19.8 Å². The van der Waals surface area contributed by atoms with Gasteiger partial charge in [0.15, 0.2) is 0 Å². The molecule has 0 aliphatic rings. The number of carboxylic acids is 2. The van der Waals surface area contributed by atoms with Crippen molar-refractivity contribution in [2.75, 3.05) is 61.4 Å². The van der Waals surface area contributed by atoms with Crippen LogP contribution in [0.5, 0.6) is 0 Å². The average Bonchev–Trinajstić information content (AvgIpc) is 2.39. The van der Waals surface area contributed by atoms with Crippen LogP contribution in [0.2, 0.25) is 0 Å². The molecule has 0 rings (SSSR count). The molecule has 25 heavy (non-hydrogen) atoms. The van der Waals surface area contributed by atoms with Gasteiger partial charge < -0.3 is 29.3 Å². The highest BCUT2D eigenvalue weighted by atomic mass is 16.4. The van der Waals surface area contributed by atoms with E-state index in [-0.39, 0.29) is 18.9 Å². The van der Waals surface area contributed by atoms with Crippen LogP contribution in [0.4, 0.5) is 0 Å². The molecule has 146 valence electrons. The molecule has 0 spiro atoms. The second kappa shape index (κ2) is 11.6. The van der Waals surface area contributed by atoms with E-state index in [0.29, 0.717) is 27.6 Å². The number of quaternary nitrogens is 2. The standard InChI is InChI=1S/C12H22N2O3.C5H11NO2/c1-10(2)12(17)13-7-5-8-14(3,4)9-6-11(15)16;1-6(2,3)4-5(7)8/h1,5-9H2,2-4H3,(H-,13,15,16,17);4H2,1-3H3/p+1. The first-order valence-electron chi connectivity index (χ1n) is 8.14. The summed E-state index contributed by atoms with van der Waals surface area (Å²) in [7, 11) is 9.38. The molecule has 8 heteroatoms. The summed E-state index contributed by atoms with van der Waals surface area (Å²) in [6.07, 6.45) is 0.997. The van der Waals surface area contributed by atoms with E-state index < -0.39 is 11.9 Å². The Bertz CT molecular complexity index is 467. The van der Waals surface area contributed by atoms with Crippen molar-refractivity contribution >= 4 is 17.8 Å². The predicted molar refractivity (Wildman–Crippen MR) is 94.4 cm³/mol. The number of carboxylic acid groups (broad SMARTS) is 2. The molecule has 0 bridgehead atoms. The molecule has 2 N–H and O–H groups in total. The van der Waals surface area contributed by atoms with Crippen molar-refractivity contribution < 1.29 is 33.6 Å². The molecule has 0 atom stereocenters. The fourth-order valence-electron chi connectivity index (χ4n) is 1.76. The van der Waals surface area contributed by atoms with Crippen molar-refractivity contribution in [2.45, 2.75) is 19.8 Å². The lowest BCUT2D eigenvalue weighted by Crippen LogP contribution is -2.45. The van der Waals surface area contributed by atoms with Gasteiger partial charge in [0.2, 0.25) is 5.91 Å². The van der Waals surface area contributed by atoms with E-state index in [2.05, 4.69) is 11.9 Å². The van der Waals surface area contributed by atoms with Crippen LogP contribution in [0.3, 0.4) is 0 Å². The average molecular weight is 360 g/mol. The molecule has 0 unspecified atom stereocenters. The number of rotatable bonds is 10. The SMILES string of the molecule is C=C(C)C(=O)NCCC[N+](C)(C)CCC(=O)O.C[N+](C)(C)CC(=O)[O-]. The summed E-state index contributed by atoms with van der Waals surface area (Å²) in [5.41, 5.74) is 0.504. The zero-order valence-corrected chi connectivity index (χ0v) is 16.4. The normalized spacial score (nSPS) is 11.1. The number of aliphatic carboxylic acids is 2. The minimum Gasteiger partial charge on any atom is -0.544 e. The molecular weight excluding hydrogens is 326 g/mol. The van der Waals surface area contributed by atoms with E-state index in [1.807, 2.05) is 14.1 Å². The molecule has 0 fully saturated rings. The van der Waals surface area contributed by atoms with Gasteiger partial charge in [0.1, 0.15) is 6.54 Å². The summed E-state index contributed by atoms with van der Waals surface area (Å²) < 4.78 is 1.07. The second-order valence-corrected chi connectivity index (χ2v) is 7.74. The lowest BCUT2D eigenvalue weighted by atomic mass is 10.3. The lowest BCUT2D eigenvalue weighted by molar-refractivity contribution is -0.889. The molecule has 0 saturated heterocycles. The third kappa shape index (κ3) is 20.0. The number of nitrogens with one attached hydrogen (secondary N) is 1. The number of hydrogen-bond acceptors (Lipinski definition) is 4. The number of carbonyl (C=O) groups excluding carboxylic acids is 2. The van der Waals surface area contributed by atoms with Gasteiger partial charge >= 0.3 is 5.97 Å². The Hall–Kier alpha value is -1.93. The third-order valence-corrected chi connectivity index (χ3v) is 3.15. The van der Waals surface area contributed by atoms with Crippen molar-refractivity contribution in [1.29, 1.82) is 0 Å². The van der Waals surface area contributed by atoms with E-state index in [1.165, 1.54) is 0 Å². The summed E-state index contributed by atoms with van der Waals surface area (Å²) in [6, 6.07) is 0. The molecule has 0 aromatic heterocycles. The van der Waals surface area contributed by atoms with Crippen molar-refractivity contribution in [3.8, 4) is 0 Å². The number of carbonyl (C=O) groups is 3. The molecule has 0 aliphatic carbocycles. The summed E-state index contributed by atoms with van der Waals surface area (Å²) in [6.45, 7) is 7.32. The fraction of sp³-hybridized carbons (Fsp3) is 0.706. The fourth-order valence-corrected chi connectivity index (χ4v) is 1.76. The number of nitrogens with zero attached hydrogens (tertiary/aromatic N) is 2. The monoisotopic (exact) mass is 360 g/mol. The minimum atomic E-state index is -1.00. The maximum Gasteiger partial charge on any atom is 0.309 e. The van der Waals surface area contributed by atoms with Gasteiger partial charge in [0, 0.05) is 18.5 Å². The van der Waals surface area contributed by atoms with Gasteiger partial charge in [0.25, 0.3) is 0 Å². The van der Waals surface area contributed by atoms with Gasteiger partial charge in [-0.25, -0.2) is 0 Å². The highest BCUT2D eigenvalue weighted by Gasteiger charge is 2.16. The number of amides is 1. The Morgan fingerprint density at radius 3 is 1.92 bits per heavy atom. The van der Waals surface area contributed by atoms with E-state index in [9.17, 15) is 19.5 Å². The summed E-state index contributed by atoms with van der Waals surface area (Å²) in [5, 5.41) is 21.2.